The summed E-state index contributed by atoms with van der Waals surface area (Å²) in [5, 5.41) is 0.402. The van der Waals surface area contributed by atoms with E-state index in [0.29, 0.717) is 11.6 Å². The SMILES string of the molecule is O=C(N1CC2C=C(c3ccc(Cl)nc3)CC2C1)C(F)(F)F. The van der Waals surface area contributed by atoms with Crippen LogP contribution in [0, 0.1) is 11.8 Å². The van der Waals surface area contributed by atoms with Crippen LogP contribution in [0.3, 0.4) is 0 Å². The highest BCUT2D eigenvalue weighted by Crippen LogP contribution is 2.41. The van der Waals surface area contributed by atoms with E-state index in [1.807, 2.05) is 12.1 Å². The zero-order chi connectivity index (χ0) is 15.2. The number of nitrogens with zero attached hydrogens (tertiary/aromatic N) is 2. The van der Waals surface area contributed by atoms with Crippen molar-refractivity contribution in [1.29, 1.82) is 0 Å². The second-order valence-corrected chi connectivity index (χ2v) is 5.78. The van der Waals surface area contributed by atoms with Gasteiger partial charge in [0, 0.05) is 19.3 Å². The molecule has 1 saturated heterocycles. The largest absolute Gasteiger partial charge is 0.471 e. The van der Waals surface area contributed by atoms with Gasteiger partial charge in [0.25, 0.3) is 0 Å². The average Bonchev–Trinajstić information content (AvgIpc) is 2.95. The summed E-state index contributed by atoms with van der Waals surface area (Å²) in [6.45, 7) is 0.289. The van der Waals surface area contributed by atoms with Crippen LogP contribution in [0.25, 0.3) is 5.57 Å². The highest BCUT2D eigenvalue weighted by atomic mass is 35.5. The molecule has 21 heavy (non-hydrogen) atoms. The molecular formula is C14H12ClF3N2O. The van der Waals surface area contributed by atoms with Gasteiger partial charge in [-0.1, -0.05) is 23.7 Å². The molecular weight excluding hydrogens is 305 g/mol. The fourth-order valence-corrected chi connectivity index (χ4v) is 3.15. The predicted octanol–water partition coefficient (Wildman–Crippen LogP) is 3.16. The van der Waals surface area contributed by atoms with Crippen molar-refractivity contribution in [3.8, 4) is 0 Å². The standard InChI is InChI=1S/C14H12ClF3N2O/c15-12-2-1-8(5-19-12)9-3-10-6-20(7-11(10)4-9)13(21)14(16,17)18/h1-3,5,10-11H,4,6-7H2. The van der Waals surface area contributed by atoms with Gasteiger partial charge in [-0.05, 0) is 35.5 Å². The minimum atomic E-state index is -4.79. The number of pyridine rings is 1. The van der Waals surface area contributed by atoms with Gasteiger partial charge in [-0.15, -0.1) is 0 Å². The van der Waals surface area contributed by atoms with Crippen LogP contribution in [0.2, 0.25) is 5.15 Å². The summed E-state index contributed by atoms with van der Waals surface area (Å²) in [6.07, 6.45) is -0.506. The van der Waals surface area contributed by atoms with Crippen molar-refractivity contribution >= 4 is 23.1 Å². The fourth-order valence-electron chi connectivity index (χ4n) is 3.04. The van der Waals surface area contributed by atoms with Crippen molar-refractivity contribution < 1.29 is 18.0 Å². The maximum Gasteiger partial charge on any atom is 0.471 e. The maximum atomic E-state index is 12.4. The van der Waals surface area contributed by atoms with Gasteiger partial charge < -0.3 is 4.90 Å². The molecule has 1 fully saturated rings. The number of halogens is 4. The summed E-state index contributed by atoms with van der Waals surface area (Å²) in [5.74, 6) is -1.69. The highest BCUT2D eigenvalue weighted by molar-refractivity contribution is 6.29. The zero-order valence-corrected chi connectivity index (χ0v) is 11.7. The van der Waals surface area contributed by atoms with Crippen molar-refractivity contribution in [1.82, 2.24) is 9.88 Å². The second kappa shape index (κ2) is 5.02. The number of amides is 1. The topological polar surface area (TPSA) is 33.2 Å². The molecule has 1 aromatic rings. The maximum absolute atomic E-state index is 12.4. The Hall–Kier alpha value is -1.56. The van der Waals surface area contributed by atoms with Gasteiger partial charge in [-0.25, -0.2) is 4.98 Å². The quantitative estimate of drug-likeness (QED) is 0.746. The van der Waals surface area contributed by atoms with Gasteiger partial charge in [0.2, 0.25) is 0 Å². The van der Waals surface area contributed by atoms with Gasteiger partial charge in [0.05, 0.1) is 0 Å². The minimum Gasteiger partial charge on any atom is -0.334 e. The molecule has 1 aromatic heterocycles. The molecule has 0 radical (unpaired) electrons. The number of hydrogen-bond acceptors (Lipinski definition) is 2. The van der Waals surface area contributed by atoms with E-state index < -0.39 is 12.1 Å². The molecule has 1 amide bonds. The smallest absolute Gasteiger partial charge is 0.334 e. The molecule has 2 aliphatic rings. The van der Waals surface area contributed by atoms with Gasteiger partial charge in [-0.3, -0.25) is 4.79 Å². The molecule has 112 valence electrons. The van der Waals surface area contributed by atoms with Crippen molar-refractivity contribution in [3.05, 3.63) is 35.1 Å². The summed E-state index contributed by atoms with van der Waals surface area (Å²) >= 11 is 5.73. The van der Waals surface area contributed by atoms with Crippen LogP contribution >= 0.6 is 11.6 Å². The normalized spacial score (nSPS) is 25.0. The fraction of sp³-hybridized carbons (Fsp3) is 0.429. The molecule has 2 atom stereocenters. The number of alkyl halides is 3. The summed E-state index contributed by atoms with van der Waals surface area (Å²) in [4.78, 5) is 16.2. The molecule has 7 heteroatoms. The van der Waals surface area contributed by atoms with Crippen molar-refractivity contribution in [2.24, 2.45) is 11.8 Å². The summed E-state index contributed by atoms with van der Waals surface area (Å²) in [6, 6.07) is 3.53. The first kappa shape index (κ1) is 14.4. The molecule has 0 N–H and O–H groups in total. The Balaban J connectivity index is 1.72. The second-order valence-electron chi connectivity index (χ2n) is 5.40. The highest BCUT2D eigenvalue weighted by Gasteiger charge is 2.47. The molecule has 2 unspecified atom stereocenters. The van der Waals surface area contributed by atoms with Crippen LogP contribution in [0.4, 0.5) is 13.2 Å². The third-order valence-corrected chi connectivity index (χ3v) is 4.24. The Morgan fingerprint density at radius 1 is 1.33 bits per heavy atom. The number of allylic oxidation sites excluding steroid dienone is 1. The van der Waals surface area contributed by atoms with Gasteiger partial charge >= 0.3 is 12.1 Å². The molecule has 0 aromatic carbocycles. The van der Waals surface area contributed by atoms with E-state index in [0.717, 1.165) is 16.0 Å². The summed E-state index contributed by atoms with van der Waals surface area (Å²) in [7, 11) is 0. The monoisotopic (exact) mass is 316 g/mol. The van der Waals surface area contributed by atoms with E-state index in [-0.39, 0.29) is 24.9 Å². The number of carbonyl (C=O) groups is 1. The Morgan fingerprint density at radius 2 is 2.10 bits per heavy atom. The third-order valence-electron chi connectivity index (χ3n) is 4.02. The van der Waals surface area contributed by atoms with Crippen LogP contribution in [0.15, 0.2) is 24.4 Å². The number of rotatable bonds is 1. The van der Waals surface area contributed by atoms with Crippen molar-refractivity contribution in [3.63, 3.8) is 0 Å². The van der Waals surface area contributed by atoms with Crippen LogP contribution < -0.4 is 0 Å². The predicted molar refractivity (Wildman–Crippen MR) is 71.5 cm³/mol. The van der Waals surface area contributed by atoms with Crippen LogP contribution in [0.5, 0.6) is 0 Å². The lowest BCUT2D eigenvalue weighted by atomic mass is 9.99. The van der Waals surface area contributed by atoms with E-state index in [2.05, 4.69) is 4.98 Å². The van der Waals surface area contributed by atoms with E-state index in [1.54, 1.807) is 12.3 Å². The molecule has 0 spiro atoms. The Morgan fingerprint density at radius 3 is 2.67 bits per heavy atom. The van der Waals surface area contributed by atoms with Crippen LogP contribution in [0.1, 0.15) is 12.0 Å². The number of carbonyl (C=O) groups excluding carboxylic acids is 1. The lowest BCUT2D eigenvalue weighted by Crippen LogP contribution is -2.40. The van der Waals surface area contributed by atoms with E-state index in [4.69, 9.17) is 11.6 Å². The lowest BCUT2D eigenvalue weighted by molar-refractivity contribution is -0.184. The summed E-state index contributed by atoms with van der Waals surface area (Å²) < 4.78 is 37.3. The minimum absolute atomic E-state index is 0.0121. The molecule has 0 saturated carbocycles. The molecule has 1 aliphatic heterocycles. The number of hydrogen-bond donors (Lipinski definition) is 0. The summed E-state index contributed by atoms with van der Waals surface area (Å²) in [5.41, 5.74) is 2.00. The van der Waals surface area contributed by atoms with Crippen LogP contribution in [-0.4, -0.2) is 35.1 Å². The first-order valence-corrected chi connectivity index (χ1v) is 6.91. The number of likely N-dealkylation sites (tertiary alicyclic amines) is 1. The Bertz CT molecular complexity index is 597. The first-order valence-electron chi connectivity index (χ1n) is 6.53. The Kier molecular flexibility index (Phi) is 3.43. The zero-order valence-electron chi connectivity index (χ0n) is 10.9. The molecule has 0 bridgehead atoms. The number of fused-ring (bicyclic) bond motifs is 1. The van der Waals surface area contributed by atoms with E-state index in [9.17, 15) is 18.0 Å². The lowest BCUT2D eigenvalue weighted by Gasteiger charge is -2.18. The van der Waals surface area contributed by atoms with E-state index >= 15 is 0 Å². The van der Waals surface area contributed by atoms with Crippen LogP contribution in [-0.2, 0) is 4.79 Å². The average molecular weight is 317 g/mol. The molecule has 1 aliphatic carbocycles. The first-order chi connectivity index (χ1) is 9.84. The van der Waals surface area contributed by atoms with Gasteiger partial charge in [0.1, 0.15) is 5.15 Å². The van der Waals surface area contributed by atoms with Crippen molar-refractivity contribution in [2.75, 3.05) is 13.1 Å². The molecule has 3 nitrogen and oxygen atoms in total. The van der Waals surface area contributed by atoms with Gasteiger partial charge in [0.15, 0.2) is 0 Å². The molecule has 2 heterocycles. The number of aromatic nitrogens is 1. The Labute approximate surface area is 124 Å². The third kappa shape index (κ3) is 2.77. The van der Waals surface area contributed by atoms with Crippen molar-refractivity contribution in [2.45, 2.75) is 12.6 Å². The molecule has 3 rings (SSSR count). The van der Waals surface area contributed by atoms with E-state index in [1.165, 1.54) is 0 Å². The van der Waals surface area contributed by atoms with Gasteiger partial charge in [-0.2, -0.15) is 13.2 Å².